The third-order valence-electron chi connectivity index (χ3n) is 4.69. The topological polar surface area (TPSA) is 58.6 Å². The van der Waals surface area contributed by atoms with E-state index in [1.165, 1.54) is 10.5 Å². The van der Waals surface area contributed by atoms with E-state index in [9.17, 15) is 9.59 Å². The molecule has 0 aliphatic heterocycles. The Hall–Kier alpha value is -2.82. The van der Waals surface area contributed by atoms with Crippen LogP contribution in [0.2, 0.25) is 0 Å². The summed E-state index contributed by atoms with van der Waals surface area (Å²) in [6, 6.07) is 16.8. The third-order valence-corrected chi connectivity index (χ3v) is 4.69. The number of likely N-dealkylation sites (N-methyl/N-ethyl adjacent to an activating group) is 1. The first kappa shape index (κ1) is 21.5. The van der Waals surface area contributed by atoms with Gasteiger partial charge in [0, 0.05) is 13.6 Å². The van der Waals surface area contributed by atoms with Crippen molar-refractivity contribution < 1.29 is 14.3 Å². The van der Waals surface area contributed by atoms with Gasteiger partial charge in [0.25, 0.3) is 5.91 Å². The second-order valence-electron chi connectivity index (χ2n) is 7.86. The molecule has 0 bridgehead atoms. The molecule has 1 N–H and O–H groups in total. The number of ether oxygens (including phenoxy) is 1. The highest BCUT2D eigenvalue weighted by Crippen LogP contribution is 2.24. The highest BCUT2D eigenvalue weighted by molar-refractivity contribution is 5.87. The average Bonchev–Trinajstić information content (AvgIpc) is 2.69. The zero-order valence-electron chi connectivity index (χ0n) is 17.4. The zero-order valence-corrected chi connectivity index (χ0v) is 17.4. The fourth-order valence-electron chi connectivity index (χ4n) is 2.85. The Morgan fingerprint density at radius 2 is 1.64 bits per heavy atom. The molecule has 2 rings (SSSR count). The molecule has 0 heterocycles. The predicted octanol–water partition coefficient (Wildman–Crippen LogP) is 3.53. The van der Waals surface area contributed by atoms with E-state index in [2.05, 4.69) is 26.1 Å². The van der Waals surface area contributed by atoms with E-state index < -0.39 is 6.04 Å². The molecule has 0 saturated heterocycles. The van der Waals surface area contributed by atoms with Crippen LogP contribution in [-0.2, 0) is 21.5 Å². The summed E-state index contributed by atoms with van der Waals surface area (Å²) in [4.78, 5) is 26.5. The van der Waals surface area contributed by atoms with Crippen LogP contribution in [0.1, 0.15) is 38.8 Å². The molecule has 0 saturated carbocycles. The standard InChI is InChI=1S/C23H30N2O3/c1-17(22(27)24-5)25(15-18-9-7-6-8-10-18)21(26)16-28-20-13-11-19(12-14-20)23(2,3)4/h6-14,17H,15-16H2,1-5H3,(H,24,27)/t17-/m1/s1. The first-order valence-electron chi connectivity index (χ1n) is 9.50. The van der Waals surface area contributed by atoms with Crippen molar-refractivity contribution in [2.24, 2.45) is 0 Å². The van der Waals surface area contributed by atoms with Gasteiger partial charge in [0.05, 0.1) is 0 Å². The fourth-order valence-corrected chi connectivity index (χ4v) is 2.85. The van der Waals surface area contributed by atoms with Crippen LogP contribution in [0, 0.1) is 0 Å². The van der Waals surface area contributed by atoms with E-state index in [4.69, 9.17) is 4.74 Å². The van der Waals surface area contributed by atoms with Crippen molar-refractivity contribution >= 4 is 11.8 Å². The lowest BCUT2D eigenvalue weighted by atomic mass is 9.87. The van der Waals surface area contributed by atoms with Crippen LogP contribution in [0.5, 0.6) is 5.75 Å². The summed E-state index contributed by atoms with van der Waals surface area (Å²) in [5.74, 6) is 0.187. The summed E-state index contributed by atoms with van der Waals surface area (Å²) in [6.07, 6.45) is 0. The molecule has 2 aromatic carbocycles. The normalized spacial score (nSPS) is 12.2. The summed E-state index contributed by atoms with van der Waals surface area (Å²) in [6.45, 7) is 8.39. The molecule has 150 valence electrons. The number of benzene rings is 2. The molecule has 0 aliphatic rings. The Morgan fingerprint density at radius 3 is 2.18 bits per heavy atom. The molecule has 2 aromatic rings. The first-order valence-corrected chi connectivity index (χ1v) is 9.50. The van der Waals surface area contributed by atoms with Gasteiger partial charge in [-0.1, -0.05) is 63.2 Å². The van der Waals surface area contributed by atoms with Gasteiger partial charge in [-0.2, -0.15) is 0 Å². The van der Waals surface area contributed by atoms with E-state index in [0.29, 0.717) is 12.3 Å². The zero-order chi connectivity index (χ0) is 20.7. The molecule has 5 nitrogen and oxygen atoms in total. The second-order valence-corrected chi connectivity index (χ2v) is 7.86. The minimum absolute atomic E-state index is 0.0593. The van der Waals surface area contributed by atoms with Crippen LogP contribution in [0.25, 0.3) is 0 Å². The van der Waals surface area contributed by atoms with Crippen LogP contribution < -0.4 is 10.1 Å². The maximum Gasteiger partial charge on any atom is 0.261 e. The molecule has 0 radical (unpaired) electrons. The molecule has 1 atom stereocenters. The van der Waals surface area contributed by atoms with E-state index in [1.807, 2.05) is 54.6 Å². The van der Waals surface area contributed by atoms with Crippen molar-refractivity contribution in [3.8, 4) is 5.75 Å². The quantitative estimate of drug-likeness (QED) is 0.797. The van der Waals surface area contributed by atoms with E-state index in [0.717, 1.165) is 5.56 Å². The van der Waals surface area contributed by atoms with Crippen molar-refractivity contribution in [2.75, 3.05) is 13.7 Å². The lowest BCUT2D eigenvalue weighted by Crippen LogP contribution is -2.48. The van der Waals surface area contributed by atoms with Crippen molar-refractivity contribution in [1.29, 1.82) is 0 Å². The maximum atomic E-state index is 12.8. The molecule has 2 amide bonds. The van der Waals surface area contributed by atoms with Crippen molar-refractivity contribution in [3.63, 3.8) is 0 Å². The van der Waals surface area contributed by atoms with E-state index >= 15 is 0 Å². The van der Waals surface area contributed by atoms with Crippen LogP contribution in [-0.4, -0.2) is 36.4 Å². The van der Waals surface area contributed by atoms with Gasteiger partial charge in [0.1, 0.15) is 11.8 Å². The molecule has 0 unspecified atom stereocenters. The lowest BCUT2D eigenvalue weighted by Gasteiger charge is -2.28. The molecule has 5 heteroatoms. The summed E-state index contributed by atoms with van der Waals surface area (Å²) in [5.41, 5.74) is 2.22. The van der Waals surface area contributed by atoms with E-state index in [-0.39, 0.29) is 23.8 Å². The molecule has 28 heavy (non-hydrogen) atoms. The number of nitrogens with zero attached hydrogens (tertiary/aromatic N) is 1. The summed E-state index contributed by atoms with van der Waals surface area (Å²) < 4.78 is 5.69. The van der Waals surface area contributed by atoms with Crippen LogP contribution >= 0.6 is 0 Å². The van der Waals surface area contributed by atoms with Gasteiger partial charge in [-0.15, -0.1) is 0 Å². The smallest absolute Gasteiger partial charge is 0.261 e. The van der Waals surface area contributed by atoms with Gasteiger partial charge in [-0.05, 0) is 35.6 Å². The third kappa shape index (κ3) is 5.84. The van der Waals surface area contributed by atoms with Gasteiger partial charge in [-0.25, -0.2) is 0 Å². The second kappa shape index (κ2) is 9.40. The Morgan fingerprint density at radius 1 is 1.04 bits per heavy atom. The molecule has 0 spiro atoms. The van der Waals surface area contributed by atoms with Gasteiger partial charge >= 0.3 is 0 Å². The number of nitrogens with one attached hydrogen (secondary N) is 1. The minimum Gasteiger partial charge on any atom is -0.484 e. The summed E-state index contributed by atoms with van der Waals surface area (Å²) in [7, 11) is 1.57. The Kier molecular flexibility index (Phi) is 7.21. The van der Waals surface area contributed by atoms with Crippen LogP contribution in [0.15, 0.2) is 54.6 Å². The predicted molar refractivity (Wildman–Crippen MR) is 111 cm³/mol. The van der Waals surface area contributed by atoms with Gasteiger partial charge in [-0.3, -0.25) is 9.59 Å². The Balaban J connectivity index is 2.08. The number of rotatable bonds is 7. The van der Waals surface area contributed by atoms with Crippen LogP contribution in [0.4, 0.5) is 0 Å². The first-order chi connectivity index (χ1) is 13.2. The highest BCUT2D eigenvalue weighted by Gasteiger charge is 2.25. The number of carbonyl (C=O) groups excluding carboxylic acids is 2. The summed E-state index contributed by atoms with van der Waals surface area (Å²) in [5, 5.41) is 2.61. The van der Waals surface area contributed by atoms with Crippen molar-refractivity contribution in [1.82, 2.24) is 10.2 Å². The molecule has 0 aliphatic carbocycles. The van der Waals surface area contributed by atoms with Crippen molar-refractivity contribution in [3.05, 3.63) is 65.7 Å². The number of hydrogen-bond donors (Lipinski definition) is 1. The summed E-state index contributed by atoms with van der Waals surface area (Å²) >= 11 is 0. The highest BCUT2D eigenvalue weighted by atomic mass is 16.5. The number of amides is 2. The number of hydrogen-bond acceptors (Lipinski definition) is 3. The molecular weight excluding hydrogens is 352 g/mol. The van der Waals surface area contributed by atoms with Crippen LogP contribution in [0.3, 0.4) is 0 Å². The average molecular weight is 383 g/mol. The van der Waals surface area contributed by atoms with Gasteiger partial charge < -0.3 is 15.0 Å². The molecule has 0 fully saturated rings. The largest absolute Gasteiger partial charge is 0.484 e. The Labute approximate surface area is 167 Å². The minimum atomic E-state index is -0.593. The maximum absolute atomic E-state index is 12.8. The molecule has 0 aromatic heterocycles. The molecular formula is C23H30N2O3. The van der Waals surface area contributed by atoms with Gasteiger partial charge in [0.2, 0.25) is 5.91 Å². The fraction of sp³-hybridized carbons (Fsp3) is 0.391. The number of carbonyl (C=O) groups is 2. The Bertz CT molecular complexity index is 780. The SMILES string of the molecule is CNC(=O)[C@@H](C)N(Cc1ccccc1)C(=O)COc1ccc(C(C)(C)C)cc1. The van der Waals surface area contributed by atoms with Gasteiger partial charge in [0.15, 0.2) is 6.61 Å². The van der Waals surface area contributed by atoms with Crippen molar-refractivity contribution in [2.45, 2.75) is 45.7 Å². The lowest BCUT2D eigenvalue weighted by molar-refractivity contribution is -0.142. The van der Waals surface area contributed by atoms with E-state index in [1.54, 1.807) is 14.0 Å². The monoisotopic (exact) mass is 382 g/mol.